The van der Waals surface area contributed by atoms with E-state index in [-0.39, 0.29) is 18.4 Å². The Kier molecular flexibility index (Phi) is 4.67. The maximum atomic E-state index is 12.7. The average molecular weight is 268 g/mol. The molecule has 0 saturated carbocycles. The molecular weight excluding hydrogens is 245 g/mol. The highest BCUT2D eigenvalue weighted by atomic mass is 19.4. The Labute approximate surface area is 106 Å². The number of alkyl halides is 3. The van der Waals surface area contributed by atoms with Crippen molar-refractivity contribution in [2.24, 2.45) is 5.41 Å². The Balaban J connectivity index is 2.52. The van der Waals surface area contributed by atoms with Gasteiger partial charge in [-0.05, 0) is 18.4 Å². The molecule has 1 saturated heterocycles. The zero-order valence-electron chi connectivity index (χ0n) is 11.3. The van der Waals surface area contributed by atoms with Crippen LogP contribution >= 0.6 is 0 Å². The van der Waals surface area contributed by atoms with Crippen molar-refractivity contribution in [3.8, 4) is 0 Å². The Hall–Kier alpha value is -0.330. The van der Waals surface area contributed by atoms with E-state index in [0.717, 1.165) is 13.1 Å². The molecule has 1 aliphatic rings. The number of rotatable bonds is 5. The van der Waals surface area contributed by atoms with Crippen LogP contribution in [-0.2, 0) is 0 Å². The number of nitrogens with zero attached hydrogens (tertiary/aromatic N) is 1. The van der Waals surface area contributed by atoms with E-state index in [0.29, 0.717) is 13.1 Å². The van der Waals surface area contributed by atoms with Crippen molar-refractivity contribution in [2.45, 2.75) is 39.0 Å². The zero-order valence-corrected chi connectivity index (χ0v) is 11.3. The minimum atomic E-state index is -4.53. The molecule has 3 nitrogen and oxygen atoms in total. The number of halogens is 3. The Morgan fingerprint density at radius 1 is 1.33 bits per heavy atom. The first-order chi connectivity index (χ1) is 8.10. The summed E-state index contributed by atoms with van der Waals surface area (Å²) in [6, 6.07) is 0. The third kappa shape index (κ3) is 3.83. The molecule has 0 aliphatic carbocycles. The van der Waals surface area contributed by atoms with Crippen molar-refractivity contribution in [2.75, 3.05) is 32.7 Å². The van der Waals surface area contributed by atoms with Gasteiger partial charge in [0.1, 0.15) is 0 Å². The molecule has 2 N–H and O–H groups in total. The zero-order chi connectivity index (χ0) is 14.0. The van der Waals surface area contributed by atoms with Gasteiger partial charge in [-0.1, -0.05) is 20.8 Å². The standard InChI is InChI=1S/C12H23F3N2O/c1-4-16-7-10(2,3)8-17-6-5-11(18,9-17)12(13,14)15/h16,18H,4-9H2,1-3H3. The molecule has 0 radical (unpaired) electrons. The molecule has 1 fully saturated rings. The second kappa shape index (κ2) is 5.35. The lowest BCUT2D eigenvalue weighted by Gasteiger charge is -2.32. The van der Waals surface area contributed by atoms with E-state index < -0.39 is 11.8 Å². The largest absolute Gasteiger partial charge is 0.418 e. The van der Waals surface area contributed by atoms with Crippen molar-refractivity contribution in [3.63, 3.8) is 0 Å². The molecular formula is C12H23F3N2O. The number of hydrogen-bond donors (Lipinski definition) is 2. The van der Waals surface area contributed by atoms with Crippen LogP contribution in [0.25, 0.3) is 0 Å². The predicted molar refractivity (Wildman–Crippen MR) is 64.4 cm³/mol. The first-order valence-electron chi connectivity index (χ1n) is 6.32. The summed E-state index contributed by atoms with van der Waals surface area (Å²) in [6.45, 7) is 8.16. The highest BCUT2D eigenvalue weighted by molar-refractivity contribution is 4.97. The van der Waals surface area contributed by atoms with E-state index in [1.54, 1.807) is 4.90 Å². The van der Waals surface area contributed by atoms with Crippen molar-refractivity contribution in [1.29, 1.82) is 0 Å². The SMILES string of the molecule is CCNCC(C)(C)CN1CCC(O)(C(F)(F)F)C1. The van der Waals surface area contributed by atoms with Gasteiger partial charge in [-0.15, -0.1) is 0 Å². The van der Waals surface area contributed by atoms with E-state index in [4.69, 9.17) is 0 Å². The highest BCUT2D eigenvalue weighted by Gasteiger charge is 2.57. The van der Waals surface area contributed by atoms with Gasteiger partial charge in [0, 0.05) is 26.2 Å². The maximum absolute atomic E-state index is 12.7. The van der Waals surface area contributed by atoms with Crippen molar-refractivity contribution in [1.82, 2.24) is 10.2 Å². The van der Waals surface area contributed by atoms with Crippen LogP contribution in [-0.4, -0.2) is 54.5 Å². The maximum Gasteiger partial charge on any atom is 0.418 e. The molecule has 18 heavy (non-hydrogen) atoms. The highest BCUT2D eigenvalue weighted by Crippen LogP contribution is 2.38. The lowest BCUT2D eigenvalue weighted by atomic mass is 9.92. The Morgan fingerprint density at radius 3 is 2.39 bits per heavy atom. The fourth-order valence-corrected chi connectivity index (χ4v) is 2.36. The number of β-amino-alcohol motifs (C(OH)–C–C–N with tert-alkyl or cyclic N) is 1. The fourth-order valence-electron chi connectivity index (χ4n) is 2.36. The second-order valence-electron chi connectivity index (χ2n) is 5.93. The molecule has 0 aromatic heterocycles. The van der Waals surface area contributed by atoms with Gasteiger partial charge in [0.05, 0.1) is 0 Å². The average Bonchev–Trinajstić information content (AvgIpc) is 2.57. The molecule has 1 rings (SSSR count). The van der Waals surface area contributed by atoms with Crippen molar-refractivity contribution in [3.05, 3.63) is 0 Å². The van der Waals surface area contributed by atoms with Gasteiger partial charge in [-0.3, -0.25) is 4.90 Å². The van der Waals surface area contributed by atoms with E-state index in [2.05, 4.69) is 5.32 Å². The van der Waals surface area contributed by atoms with Gasteiger partial charge in [-0.2, -0.15) is 13.2 Å². The predicted octanol–water partition coefficient (Wildman–Crippen LogP) is 1.62. The second-order valence-corrected chi connectivity index (χ2v) is 5.93. The summed E-state index contributed by atoms with van der Waals surface area (Å²) in [5.41, 5.74) is -2.63. The lowest BCUT2D eigenvalue weighted by Crippen LogP contribution is -2.48. The number of aliphatic hydroxyl groups is 1. The lowest BCUT2D eigenvalue weighted by molar-refractivity contribution is -0.254. The minimum absolute atomic E-state index is 0.104. The van der Waals surface area contributed by atoms with Gasteiger partial charge in [0.15, 0.2) is 5.60 Å². The summed E-state index contributed by atoms with van der Waals surface area (Å²) >= 11 is 0. The van der Waals surface area contributed by atoms with Crippen LogP contribution in [0.5, 0.6) is 0 Å². The third-order valence-corrected chi connectivity index (χ3v) is 3.36. The van der Waals surface area contributed by atoms with Crippen molar-refractivity contribution >= 4 is 0 Å². The molecule has 6 heteroatoms. The number of hydrogen-bond acceptors (Lipinski definition) is 3. The Morgan fingerprint density at radius 2 is 1.94 bits per heavy atom. The summed E-state index contributed by atoms with van der Waals surface area (Å²) in [7, 11) is 0. The monoisotopic (exact) mass is 268 g/mol. The normalized spacial score (nSPS) is 26.8. The number of nitrogens with one attached hydrogen (secondary N) is 1. The van der Waals surface area contributed by atoms with Gasteiger partial charge < -0.3 is 10.4 Å². The van der Waals surface area contributed by atoms with Gasteiger partial charge in [0.25, 0.3) is 0 Å². The van der Waals surface area contributed by atoms with Crippen LogP contribution in [0.4, 0.5) is 13.2 Å². The molecule has 0 bridgehead atoms. The molecule has 0 spiro atoms. The van der Waals surface area contributed by atoms with Crippen LogP contribution in [0.2, 0.25) is 0 Å². The van der Waals surface area contributed by atoms with Crippen LogP contribution in [0.1, 0.15) is 27.2 Å². The summed E-state index contributed by atoms with van der Waals surface area (Å²) in [5.74, 6) is 0. The van der Waals surface area contributed by atoms with Crippen LogP contribution in [0, 0.1) is 5.41 Å². The van der Waals surface area contributed by atoms with E-state index in [1.165, 1.54) is 0 Å². The molecule has 108 valence electrons. The molecule has 1 atom stereocenters. The van der Waals surface area contributed by atoms with Gasteiger partial charge in [0.2, 0.25) is 0 Å². The minimum Gasteiger partial charge on any atom is -0.379 e. The third-order valence-electron chi connectivity index (χ3n) is 3.36. The fraction of sp³-hybridized carbons (Fsp3) is 1.00. The summed E-state index contributed by atoms with van der Waals surface area (Å²) in [6.07, 6.45) is -4.76. The van der Waals surface area contributed by atoms with Crippen LogP contribution in [0.15, 0.2) is 0 Å². The smallest absolute Gasteiger partial charge is 0.379 e. The molecule has 0 amide bonds. The van der Waals surface area contributed by atoms with E-state index in [1.807, 2.05) is 20.8 Å². The topological polar surface area (TPSA) is 35.5 Å². The summed E-state index contributed by atoms with van der Waals surface area (Å²) in [4.78, 5) is 1.70. The van der Waals surface area contributed by atoms with Crippen LogP contribution in [0.3, 0.4) is 0 Å². The number of likely N-dealkylation sites (tertiary alicyclic amines) is 1. The van der Waals surface area contributed by atoms with Crippen molar-refractivity contribution < 1.29 is 18.3 Å². The van der Waals surface area contributed by atoms with E-state index in [9.17, 15) is 18.3 Å². The Bertz CT molecular complexity index is 281. The van der Waals surface area contributed by atoms with Gasteiger partial charge in [-0.25, -0.2) is 0 Å². The van der Waals surface area contributed by atoms with E-state index >= 15 is 0 Å². The quantitative estimate of drug-likeness (QED) is 0.795. The molecule has 1 aliphatic heterocycles. The molecule has 0 aromatic carbocycles. The first-order valence-corrected chi connectivity index (χ1v) is 6.32. The molecule has 0 aromatic rings. The molecule has 1 unspecified atom stereocenters. The first kappa shape index (κ1) is 15.7. The molecule has 1 heterocycles. The van der Waals surface area contributed by atoms with Crippen LogP contribution < -0.4 is 5.32 Å². The van der Waals surface area contributed by atoms with Gasteiger partial charge >= 0.3 is 6.18 Å². The summed E-state index contributed by atoms with van der Waals surface area (Å²) < 4.78 is 38.0. The summed E-state index contributed by atoms with van der Waals surface area (Å²) in [5, 5.41) is 12.8.